The van der Waals surface area contributed by atoms with E-state index in [1.807, 2.05) is 6.07 Å². The molecule has 0 saturated heterocycles. The van der Waals surface area contributed by atoms with Crippen molar-refractivity contribution >= 4 is 11.6 Å². The second-order valence-corrected chi connectivity index (χ2v) is 4.42. The normalized spacial score (nSPS) is 12.4. The van der Waals surface area contributed by atoms with Gasteiger partial charge in [-0.05, 0) is 42.4 Å². The van der Waals surface area contributed by atoms with E-state index < -0.39 is 11.6 Å². The molecule has 0 radical (unpaired) electrons. The molecule has 18 heavy (non-hydrogen) atoms. The second kappa shape index (κ2) is 5.46. The molecule has 4 heteroatoms. The third-order valence-electron chi connectivity index (χ3n) is 2.69. The molecule has 0 heterocycles. The minimum atomic E-state index is -0.590. The zero-order valence-corrected chi connectivity index (χ0v) is 10.5. The third kappa shape index (κ3) is 2.86. The number of rotatable bonds is 3. The van der Waals surface area contributed by atoms with Crippen molar-refractivity contribution in [1.82, 2.24) is 5.32 Å². The largest absolute Gasteiger partial charge is 0.309 e. The quantitative estimate of drug-likeness (QED) is 0.889. The van der Waals surface area contributed by atoms with Crippen LogP contribution in [0, 0.1) is 11.6 Å². The average molecular weight is 268 g/mol. The molecule has 0 spiro atoms. The fraction of sp³-hybridized carbons (Fsp3) is 0.143. The van der Waals surface area contributed by atoms with Crippen molar-refractivity contribution in [1.29, 1.82) is 0 Å². The van der Waals surface area contributed by atoms with E-state index in [-0.39, 0.29) is 6.04 Å². The van der Waals surface area contributed by atoms with E-state index in [4.69, 9.17) is 11.6 Å². The van der Waals surface area contributed by atoms with Crippen molar-refractivity contribution < 1.29 is 8.78 Å². The molecule has 0 aliphatic heterocycles. The summed E-state index contributed by atoms with van der Waals surface area (Å²) in [5.41, 5.74) is 1.38. The van der Waals surface area contributed by atoms with Crippen LogP contribution in [0.1, 0.15) is 17.2 Å². The summed E-state index contributed by atoms with van der Waals surface area (Å²) in [7, 11) is 1.73. The second-order valence-electron chi connectivity index (χ2n) is 3.98. The fourth-order valence-electron chi connectivity index (χ4n) is 1.95. The molecule has 1 atom stereocenters. The van der Waals surface area contributed by atoms with Crippen molar-refractivity contribution in [3.8, 4) is 0 Å². The molecule has 0 aliphatic carbocycles. The molecule has 0 aliphatic rings. The van der Waals surface area contributed by atoms with Crippen LogP contribution in [0.4, 0.5) is 8.78 Å². The van der Waals surface area contributed by atoms with Crippen LogP contribution in [0.3, 0.4) is 0 Å². The van der Waals surface area contributed by atoms with Gasteiger partial charge in [0.05, 0.1) is 6.04 Å². The van der Waals surface area contributed by atoms with Gasteiger partial charge in [-0.2, -0.15) is 0 Å². The summed E-state index contributed by atoms with van der Waals surface area (Å²) in [5.74, 6) is -1.18. The first kappa shape index (κ1) is 13.0. The highest BCUT2D eigenvalue weighted by molar-refractivity contribution is 6.30. The summed E-state index contributed by atoms with van der Waals surface area (Å²) >= 11 is 5.92. The minimum Gasteiger partial charge on any atom is -0.309 e. The molecule has 0 aromatic heterocycles. The summed E-state index contributed by atoms with van der Waals surface area (Å²) in [6, 6.07) is 10.4. The first-order valence-electron chi connectivity index (χ1n) is 5.49. The molecule has 2 aromatic rings. The lowest BCUT2D eigenvalue weighted by atomic mass is 9.99. The van der Waals surface area contributed by atoms with Crippen molar-refractivity contribution in [3.63, 3.8) is 0 Å². The first-order chi connectivity index (χ1) is 8.60. The molecule has 1 unspecified atom stereocenters. The third-order valence-corrected chi connectivity index (χ3v) is 2.92. The van der Waals surface area contributed by atoms with Gasteiger partial charge in [0, 0.05) is 11.1 Å². The van der Waals surface area contributed by atoms with E-state index in [1.165, 1.54) is 12.1 Å². The molecule has 2 rings (SSSR count). The smallest absolute Gasteiger partial charge is 0.126 e. The molecular formula is C14H12ClF2N. The van der Waals surface area contributed by atoms with Crippen LogP contribution in [0.15, 0.2) is 42.5 Å². The van der Waals surface area contributed by atoms with Crippen LogP contribution >= 0.6 is 11.6 Å². The van der Waals surface area contributed by atoms with Gasteiger partial charge in [-0.25, -0.2) is 8.78 Å². The van der Waals surface area contributed by atoms with Gasteiger partial charge in [0.15, 0.2) is 0 Å². The van der Waals surface area contributed by atoms with E-state index >= 15 is 0 Å². The summed E-state index contributed by atoms with van der Waals surface area (Å²) in [6.07, 6.45) is 0. The maximum atomic E-state index is 13.2. The maximum Gasteiger partial charge on any atom is 0.126 e. The van der Waals surface area contributed by atoms with E-state index in [9.17, 15) is 8.78 Å². The van der Waals surface area contributed by atoms with Gasteiger partial charge >= 0.3 is 0 Å². The Kier molecular flexibility index (Phi) is 3.94. The minimum absolute atomic E-state index is 0.297. The summed E-state index contributed by atoms with van der Waals surface area (Å²) in [4.78, 5) is 0. The highest BCUT2D eigenvalue weighted by Gasteiger charge is 2.14. The lowest BCUT2D eigenvalue weighted by molar-refractivity contribution is 0.571. The number of hydrogen-bond donors (Lipinski definition) is 1. The molecule has 1 nitrogen and oxygen atoms in total. The van der Waals surface area contributed by atoms with Crippen molar-refractivity contribution in [2.75, 3.05) is 7.05 Å². The Morgan fingerprint density at radius 3 is 2.22 bits per heavy atom. The molecule has 2 aromatic carbocycles. The number of hydrogen-bond acceptors (Lipinski definition) is 1. The van der Waals surface area contributed by atoms with E-state index in [0.29, 0.717) is 10.6 Å². The van der Waals surface area contributed by atoms with Crippen LogP contribution in [0.25, 0.3) is 0 Å². The van der Waals surface area contributed by atoms with E-state index in [2.05, 4.69) is 5.32 Å². The molecule has 0 fully saturated rings. The van der Waals surface area contributed by atoms with Crippen LogP contribution in [0.2, 0.25) is 5.02 Å². The van der Waals surface area contributed by atoms with Gasteiger partial charge in [-0.15, -0.1) is 0 Å². The van der Waals surface area contributed by atoms with Gasteiger partial charge in [0.2, 0.25) is 0 Å². The van der Waals surface area contributed by atoms with Crippen molar-refractivity contribution in [2.24, 2.45) is 0 Å². The Bertz CT molecular complexity index is 537. The fourth-order valence-corrected chi connectivity index (χ4v) is 2.15. The Hall–Kier alpha value is -1.45. The Morgan fingerprint density at radius 2 is 1.67 bits per heavy atom. The van der Waals surface area contributed by atoms with E-state index in [0.717, 1.165) is 11.6 Å². The number of benzene rings is 2. The van der Waals surface area contributed by atoms with Gasteiger partial charge in [0.1, 0.15) is 11.6 Å². The van der Waals surface area contributed by atoms with Gasteiger partial charge in [0.25, 0.3) is 0 Å². The van der Waals surface area contributed by atoms with E-state index in [1.54, 1.807) is 25.2 Å². The van der Waals surface area contributed by atoms with Crippen molar-refractivity contribution in [3.05, 3.63) is 70.2 Å². The van der Waals surface area contributed by atoms with Crippen LogP contribution in [-0.2, 0) is 0 Å². The van der Waals surface area contributed by atoms with Crippen molar-refractivity contribution in [2.45, 2.75) is 6.04 Å². The van der Waals surface area contributed by atoms with Gasteiger partial charge in [-0.1, -0.05) is 23.7 Å². The highest BCUT2D eigenvalue weighted by Crippen LogP contribution is 2.25. The van der Waals surface area contributed by atoms with Crippen LogP contribution in [0.5, 0.6) is 0 Å². The lowest BCUT2D eigenvalue weighted by Crippen LogP contribution is -2.18. The topological polar surface area (TPSA) is 12.0 Å². The maximum absolute atomic E-state index is 13.2. The molecule has 94 valence electrons. The highest BCUT2D eigenvalue weighted by atomic mass is 35.5. The average Bonchev–Trinajstić information content (AvgIpc) is 2.28. The molecule has 0 amide bonds. The predicted octanol–water partition coefficient (Wildman–Crippen LogP) is 3.93. The standard InChI is InChI=1S/C14H12ClF2N/c1-18-14(9-3-2-4-11(15)5-9)10-6-12(16)8-13(17)7-10/h2-8,14,18H,1H3. The monoisotopic (exact) mass is 267 g/mol. The Labute approximate surface area is 109 Å². The van der Waals surface area contributed by atoms with Crippen LogP contribution in [-0.4, -0.2) is 7.05 Å². The molecule has 0 saturated carbocycles. The Morgan fingerprint density at radius 1 is 1.00 bits per heavy atom. The first-order valence-corrected chi connectivity index (χ1v) is 5.86. The van der Waals surface area contributed by atoms with Crippen LogP contribution < -0.4 is 5.32 Å². The van der Waals surface area contributed by atoms with Gasteiger partial charge < -0.3 is 5.32 Å². The molecule has 1 N–H and O–H groups in total. The number of nitrogens with one attached hydrogen (secondary N) is 1. The summed E-state index contributed by atoms with van der Waals surface area (Å²) in [6.45, 7) is 0. The number of halogens is 3. The summed E-state index contributed by atoms with van der Waals surface area (Å²) < 4.78 is 26.5. The Balaban J connectivity index is 2.45. The predicted molar refractivity (Wildman–Crippen MR) is 68.7 cm³/mol. The SMILES string of the molecule is CNC(c1cc(F)cc(F)c1)c1cccc(Cl)c1. The molecule has 0 bridgehead atoms. The lowest BCUT2D eigenvalue weighted by Gasteiger charge is -2.17. The molecular weight excluding hydrogens is 256 g/mol. The van der Waals surface area contributed by atoms with Gasteiger partial charge in [-0.3, -0.25) is 0 Å². The zero-order chi connectivity index (χ0) is 13.1. The zero-order valence-electron chi connectivity index (χ0n) is 9.75. The summed E-state index contributed by atoms with van der Waals surface area (Å²) in [5, 5.41) is 3.61.